The number of sulfonamides is 1. The first kappa shape index (κ1) is 20.5. The Labute approximate surface area is 181 Å². The molecule has 0 spiro atoms. The third-order valence-corrected chi connectivity index (χ3v) is 7.95. The smallest absolute Gasteiger partial charge is 0.261 e. The highest BCUT2D eigenvalue weighted by Gasteiger charge is 2.38. The molecular weight excluding hydrogens is 431 g/mol. The van der Waals surface area contributed by atoms with Gasteiger partial charge in [0, 0.05) is 23.8 Å². The van der Waals surface area contributed by atoms with Crippen molar-refractivity contribution < 1.29 is 13.2 Å². The van der Waals surface area contributed by atoms with Crippen LogP contribution in [0.5, 0.6) is 0 Å². The fraction of sp³-hybridized carbons (Fsp3) is 0.381. The molecule has 1 heterocycles. The number of nitrogens with zero attached hydrogens (tertiary/aromatic N) is 1. The topological polar surface area (TPSA) is 66.5 Å². The van der Waals surface area contributed by atoms with Gasteiger partial charge in [-0.3, -0.25) is 9.52 Å². The van der Waals surface area contributed by atoms with Gasteiger partial charge in [0.25, 0.3) is 15.9 Å². The minimum absolute atomic E-state index is 0.00761. The number of rotatable bonds is 4. The Kier molecular flexibility index (Phi) is 5.78. The number of anilines is 1. The predicted octanol–water partition coefficient (Wildman–Crippen LogP) is 5.20. The van der Waals surface area contributed by atoms with Gasteiger partial charge in [0.2, 0.25) is 0 Å². The van der Waals surface area contributed by atoms with Crippen molar-refractivity contribution in [3.63, 3.8) is 0 Å². The van der Waals surface area contributed by atoms with Gasteiger partial charge < -0.3 is 4.90 Å². The zero-order valence-electron chi connectivity index (χ0n) is 15.8. The Morgan fingerprint density at radius 2 is 1.79 bits per heavy atom. The molecule has 2 aliphatic rings. The van der Waals surface area contributed by atoms with Crippen molar-refractivity contribution in [1.29, 1.82) is 0 Å². The number of halogens is 2. The molecule has 4 rings (SSSR count). The lowest BCUT2D eigenvalue weighted by Gasteiger charge is -2.31. The van der Waals surface area contributed by atoms with Crippen molar-refractivity contribution in [3.05, 3.63) is 58.1 Å². The average Bonchev–Trinajstić information content (AvgIpc) is 3.13. The fourth-order valence-electron chi connectivity index (χ4n) is 4.40. The van der Waals surface area contributed by atoms with Crippen LogP contribution in [0.1, 0.15) is 42.5 Å². The number of carbonyl (C=O) groups excluding carboxylic acids is 1. The number of nitrogens with one attached hydrogen (secondary N) is 1. The van der Waals surface area contributed by atoms with Crippen LogP contribution in [0.3, 0.4) is 0 Å². The molecule has 1 N–H and O–H groups in total. The van der Waals surface area contributed by atoms with Crippen molar-refractivity contribution in [1.82, 2.24) is 4.90 Å². The summed E-state index contributed by atoms with van der Waals surface area (Å²) in [5.41, 5.74) is 0.826. The lowest BCUT2D eigenvalue weighted by Crippen LogP contribution is -2.39. The second-order valence-corrected chi connectivity index (χ2v) is 10.2. The molecule has 1 saturated heterocycles. The molecule has 0 aromatic heterocycles. The molecule has 29 heavy (non-hydrogen) atoms. The van der Waals surface area contributed by atoms with Crippen LogP contribution in [0.4, 0.5) is 5.69 Å². The normalized spacial score (nSPS) is 21.7. The minimum Gasteiger partial charge on any atom is -0.335 e. The van der Waals surface area contributed by atoms with E-state index in [-0.39, 0.29) is 20.8 Å². The van der Waals surface area contributed by atoms with E-state index in [1.807, 2.05) is 4.90 Å². The van der Waals surface area contributed by atoms with Crippen molar-refractivity contribution in [2.45, 2.75) is 43.0 Å². The van der Waals surface area contributed by atoms with Crippen LogP contribution < -0.4 is 4.72 Å². The van der Waals surface area contributed by atoms with Gasteiger partial charge >= 0.3 is 0 Å². The zero-order chi connectivity index (χ0) is 20.6. The summed E-state index contributed by atoms with van der Waals surface area (Å²) in [6.45, 7) is 0.771. The van der Waals surface area contributed by atoms with Crippen LogP contribution in [0.2, 0.25) is 10.0 Å². The summed E-state index contributed by atoms with van der Waals surface area (Å²) in [4.78, 5) is 15.1. The summed E-state index contributed by atoms with van der Waals surface area (Å²) >= 11 is 11.8. The van der Waals surface area contributed by atoms with Gasteiger partial charge in [-0.15, -0.1) is 0 Å². The van der Waals surface area contributed by atoms with E-state index in [0.717, 1.165) is 25.8 Å². The maximum Gasteiger partial charge on any atom is 0.261 e. The molecule has 2 fully saturated rings. The van der Waals surface area contributed by atoms with Crippen LogP contribution in [-0.4, -0.2) is 31.8 Å². The number of benzene rings is 2. The summed E-state index contributed by atoms with van der Waals surface area (Å²) in [7, 11) is -3.85. The summed E-state index contributed by atoms with van der Waals surface area (Å²) in [5.74, 6) is 0.569. The van der Waals surface area contributed by atoms with Crippen LogP contribution in [0.25, 0.3) is 0 Å². The SMILES string of the molecule is O=C(c1cccc(NS(=O)(=O)c2ccc(Cl)c(Cl)c2)c1)N1CCC2CCCCC21. The standard InChI is InChI=1S/C21H22Cl2N2O3S/c22-18-9-8-17(13-19(18)23)29(27,28)24-16-6-3-5-15(12-16)21(26)25-11-10-14-4-1-2-7-20(14)25/h3,5-6,8-9,12-14,20,24H,1-2,4,7,10-11H2. The van der Waals surface area contributed by atoms with Crippen molar-refractivity contribution >= 4 is 44.8 Å². The Morgan fingerprint density at radius 1 is 1.00 bits per heavy atom. The third-order valence-electron chi connectivity index (χ3n) is 5.83. The highest BCUT2D eigenvalue weighted by Crippen LogP contribution is 2.37. The number of hydrogen-bond acceptors (Lipinski definition) is 3. The first-order chi connectivity index (χ1) is 13.8. The number of hydrogen-bond donors (Lipinski definition) is 1. The van der Waals surface area contributed by atoms with E-state index >= 15 is 0 Å². The van der Waals surface area contributed by atoms with Crippen LogP contribution >= 0.6 is 23.2 Å². The molecule has 0 radical (unpaired) electrons. The largest absolute Gasteiger partial charge is 0.335 e. The van der Waals surface area contributed by atoms with Gasteiger partial charge in [-0.25, -0.2) is 8.42 Å². The summed E-state index contributed by atoms with van der Waals surface area (Å²) < 4.78 is 27.9. The van der Waals surface area contributed by atoms with Gasteiger partial charge in [0.1, 0.15) is 0 Å². The quantitative estimate of drug-likeness (QED) is 0.692. The van der Waals surface area contributed by atoms with Gasteiger partial charge in [0.05, 0.1) is 14.9 Å². The number of amides is 1. The maximum absolute atomic E-state index is 13.1. The average molecular weight is 453 g/mol. The second kappa shape index (κ2) is 8.17. The Hall–Kier alpha value is -1.76. The molecule has 154 valence electrons. The van der Waals surface area contributed by atoms with Crippen molar-refractivity contribution in [3.8, 4) is 0 Å². The predicted molar refractivity (Wildman–Crippen MR) is 115 cm³/mol. The number of fused-ring (bicyclic) bond motifs is 1. The van der Waals surface area contributed by atoms with Crippen LogP contribution in [0, 0.1) is 5.92 Å². The van der Waals surface area contributed by atoms with E-state index in [0.29, 0.717) is 23.2 Å². The lowest BCUT2D eigenvalue weighted by atomic mass is 9.85. The van der Waals surface area contributed by atoms with Crippen molar-refractivity contribution in [2.24, 2.45) is 5.92 Å². The van der Waals surface area contributed by atoms with Gasteiger partial charge in [-0.2, -0.15) is 0 Å². The van der Waals surface area contributed by atoms with E-state index in [9.17, 15) is 13.2 Å². The minimum atomic E-state index is -3.85. The van der Waals surface area contributed by atoms with Gasteiger partial charge in [0.15, 0.2) is 0 Å². The van der Waals surface area contributed by atoms with Crippen LogP contribution in [0.15, 0.2) is 47.4 Å². The Bertz CT molecular complexity index is 1040. The molecule has 2 unspecified atom stereocenters. The van der Waals surface area contributed by atoms with Gasteiger partial charge in [-0.05, 0) is 61.6 Å². The second-order valence-electron chi connectivity index (χ2n) is 7.66. The first-order valence-corrected chi connectivity index (χ1v) is 12.0. The van der Waals surface area contributed by atoms with E-state index in [4.69, 9.17) is 23.2 Å². The Morgan fingerprint density at radius 3 is 2.59 bits per heavy atom. The lowest BCUT2D eigenvalue weighted by molar-refractivity contribution is 0.0690. The van der Waals surface area contributed by atoms with Crippen LogP contribution in [-0.2, 0) is 10.0 Å². The highest BCUT2D eigenvalue weighted by molar-refractivity contribution is 7.92. The monoisotopic (exact) mass is 452 g/mol. The first-order valence-electron chi connectivity index (χ1n) is 9.74. The van der Waals surface area contributed by atoms with Crippen molar-refractivity contribution in [2.75, 3.05) is 11.3 Å². The van der Waals surface area contributed by atoms with E-state index in [1.165, 1.54) is 31.0 Å². The van der Waals surface area contributed by atoms with Gasteiger partial charge in [-0.1, -0.05) is 42.1 Å². The van der Waals surface area contributed by atoms with E-state index < -0.39 is 10.0 Å². The molecule has 1 saturated carbocycles. The summed E-state index contributed by atoms with van der Waals surface area (Å²) in [5, 5.41) is 0.444. The molecule has 0 bridgehead atoms. The molecule has 1 amide bonds. The summed E-state index contributed by atoms with van der Waals surface area (Å²) in [6, 6.07) is 11.1. The fourth-order valence-corrected chi connectivity index (χ4v) is 5.84. The maximum atomic E-state index is 13.1. The molecule has 2 aromatic carbocycles. The van der Waals surface area contributed by atoms with E-state index in [2.05, 4.69) is 4.72 Å². The Balaban J connectivity index is 1.54. The van der Waals surface area contributed by atoms with E-state index in [1.54, 1.807) is 24.3 Å². The zero-order valence-corrected chi connectivity index (χ0v) is 18.1. The molecule has 1 aliphatic heterocycles. The third kappa shape index (κ3) is 4.25. The molecule has 2 atom stereocenters. The molecular formula is C21H22Cl2N2O3S. The molecule has 1 aliphatic carbocycles. The summed E-state index contributed by atoms with van der Waals surface area (Å²) in [6.07, 6.45) is 5.71. The molecule has 5 nitrogen and oxygen atoms in total. The number of carbonyl (C=O) groups is 1. The molecule has 2 aromatic rings. The molecule has 8 heteroatoms. The highest BCUT2D eigenvalue weighted by atomic mass is 35.5. The number of likely N-dealkylation sites (tertiary alicyclic amines) is 1.